The first-order valence-corrected chi connectivity index (χ1v) is 4.58. The normalized spacial score (nSPS) is 26.5. The van der Waals surface area contributed by atoms with Crippen LogP contribution in [0.2, 0.25) is 0 Å². The Balaban J connectivity index is 2.30. The fourth-order valence-corrected chi connectivity index (χ4v) is 1.50. The first kappa shape index (κ1) is 9.96. The van der Waals surface area contributed by atoms with Crippen molar-refractivity contribution in [3.63, 3.8) is 0 Å². The van der Waals surface area contributed by atoms with Gasteiger partial charge in [-0.25, -0.2) is 0 Å². The minimum atomic E-state index is 0.270. The molecule has 0 amide bonds. The molecule has 0 N–H and O–H groups in total. The summed E-state index contributed by atoms with van der Waals surface area (Å²) in [6.45, 7) is 8.04. The third-order valence-electron chi connectivity index (χ3n) is 2.25. The molecule has 72 valence electrons. The Morgan fingerprint density at radius 2 is 2.33 bits per heavy atom. The van der Waals surface area contributed by atoms with Crippen LogP contribution in [0.25, 0.3) is 0 Å². The minimum absolute atomic E-state index is 0.270. The average molecular weight is 173 g/mol. The highest BCUT2D eigenvalue weighted by molar-refractivity contribution is 4.73. The quantitative estimate of drug-likeness (QED) is 0.628. The molecule has 0 saturated carbocycles. The van der Waals surface area contributed by atoms with Gasteiger partial charge in [0.05, 0.1) is 19.3 Å². The lowest BCUT2D eigenvalue weighted by atomic mass is 10.2. The van der Waals surface area contributed by atoms with Gasteiger partial charge in [-0.05, 0) is 13.8 Å². The van der Waals surface area contributed by atoms with Gasteiger partial charge in [-0.15, -0.1) is 0 Å². The van der Waals surface area contributed by atoms with Crippen LogP contribution in [0.5, 0.6) is 0 Å². The molecule has 3 heteroatoms. The van der Waals surface area contributed by atoms with Gasteiger partial charge in [0.2, 0.25) is 0 Å². The second-order valence-electron chi connectivity index (χ2n) is 3.54. The van der Waals surface area contributed by atoms with Crippen molar-refractivity contribution in [1.82, 2.24) is 4.90 Å². The van der Waals surface area contributed by atoms with Gasteiger partial charge in [-0.1, -0.05) is 0 Å². The van der Waals surface area contributed by atoms with Crippen molar-refractivity contribution < 1.29 is 9.47 Å². The van der Waals surface area contributed by atoms with Crippen LogP contribution >= 0.6 is 0 Å². The molecule has 1 heterocycles. The van der Waals surface area contributed by atoms with Gasteiger partial charge >= 0.3 is 0 Å². The molecule has 1 aliphatic rings. The fourth-order valence-electron chi connectivity index (χ4n) is 1.50. The van der Waals surface area contributed by atoms with Crippen molar-refractivity contribution in [2.45, 2.75) is 26.0 Å². The Morgan fingerprint density at radius 3 is 2.92 bits per heavy atom. The zero-order chi connectivity index (χ0) is 8.97. The number of ether oxygens (including phenoxy) is 2. The highest BCUT2D eigenvalue weighted by atomic mass is 16.5. The molecule has 0 unspecified atom stereocenters. The summed E-state index contributed by atoms with van der Waals surface area (Å²) in [6, 6.07) is 0.619. The van der Waals surface area contributed by atoms with Gasteiger partial charge in [-0.2, -0.15) is 0 Å². The standard InChI is InChI=1S/C9H19NO2/c1-8(2)10-4-5-12-9(6-10)7-11-3/h8-9H,4-7H2,1-3H3/t9-/m0/s1. The van der Waals surface area contributed by atoms with Crippen LogP contribution in [-0.4, -0.2) is 50.5 Å². The van der Waals surface area contributed by atoms with Gasteiger partial charge in [0.25, 0.3) is 0 Å². The van der Waals surface area contributed by atoms with Crippen molar-refractivity contribution in [3.05, 3.63) is 0 Å². The molecule has 0 spiro atoms. The first-order chi connectivity index (χ1) is 5.74. The lowest BCUT2D eigenvalue weighted by Crippen LogP contribution is -2.47. The van der Waals surface area contributed by atoms with Crippen LogP contribution in [0.15, 0.2) is 0 Å². The van der Waals surface area contributed by atoms with Gasteiger partial charge in [0.15, 0.2) is 0 Å². The fraction of sp³-hybridized carbons (Fsp3) is 1.00. The molecule has 0 aromatic rings. The number of rotatable bonds is 3. The van der Waals surface area contributed by atoms with Crippen LogP contribution in [0.1, 0.15) is 13.8 Å². The van der Waals surface area contributed by atoms with E-state index in [1.165, 1.54) is 0 Å². The van der Waals surface area contributed by atoms with Crippen molar-refractivity contribution in [2.75, 3.05) is 33.4 Å². The third kappa shape index (κ3) is 2.73. The average Bonchev–Trinajstić information content (AvgIpc) is 2.05. The molecule has 12 heavy (non-hydrogen) atoms. The second kappa shape index (κ2) is 4.80. The number of nitrogens with zero attached hydrogens (tertiary/aromatic N) is 1. The number of morpholine rings is 1. The largest absolute Gasteiger partial charge is 0.382 e. The SMILES string of the molecule is COC[C@@H]1CN(C(C)C)CCO1. The summed E-state index contributed by atoms with van der Waals surface area (Å²) in [4.78, 5) is 2.42. The lowest BCUT2D eigenvalue weighted by molar-refractivity contribution is -0.0684. The van der Waals surface area contributed by atoms with Crippen molar-refractivity contribution >= 4 is 0 Å². The molecule has 1 fully saturated rings. The summed E-state index contributed by atoms with van der Waals surface area (Å²) < 4.78 is 10.6. The van der Waals surface area contributed by atoms with E-state index in [0.29, 0.717) is 12.6 Å². The molecule has 0 aromatic carbocycles. The predicted octanol–water partition coefficient (Wildman–Crippen LogP) is 0.742. The van der Waals surface area contributed by atoms with Gasteiger partial charge < -0.3 is 9.47 Å². The smallest absolute Gasteiger partial charge is 0.0935 e. The topological polar surface area (TPSA) is 21.7 Å². The molecule has 3 nitrogen and oxygen atoms in total. The van der Waals surface area contributed by atoms with Crippen molar-refractivity contribution in [2.24, 2.45) is 0 Å². The van der Waals surface area contributed by atoms with E-state index in [1.54, 1.807) is 7.11 Å². The third-order valence-corrected chi connectivity index (χ3v) is 2.25. The Morgan fingerprint density at radius 1 is 1.58 bits per heavy atom. The maximum absolute atomic E-state index is 5.53. The van der Waals surface area contributed by atoms with Gasteiger partial charge in [-0.3, -0.25) is 4.90 Å². The van der Waals surface area contributed by atoms with Crippen molar-refractivity contribution in [1.29, 1.82) is 0 Å². The molecule has 1 atom stereocenters. The first-order valence-electron chi connectivity index (χ1n) is 4.58. The van der Waals surface area contributed by atoms with Gasteiger partial charge in [0, 0.05) is 26.2 Å². The van der Waals surface area contributed by atoms with E-state index in [2.05, 4.69) is 18.7 Å². The Hall–Kier alpha value is -0.120. The zero-order valence-corrected chi connectivity index (χ0v) is 8.25. The maximum atomic E-state index is 5.53. The maximum Gasteiger partial charge on any atom is 0.0935 e. The van der Waals surface area contributed by atoms with E-state index >= 15 is 0 Å². The predicted molar refractivity (Wildman–Crippen MR) is 48.3 cm³/mol. The highest BCUT2D eigenvalue weighted by Crippen LogP contribution is 2.08. The molecule has 1 saturated heterocycles. The summed E-state index contributed by atoms with van der Waals surface area (Å²) in [5.74, 6) is 0. The number of hydrogen-bond donors (Lipinski definition) is 0. The van der Waals surface area contributed by atoms with E-state index in [1.807, 2.05) is 0 Å². The highest BCUT2D eigenvalue weighted by Gasteiger charge is 2.21. The molecule has 0 bridgehead atoms. The van der Waals surface area contributed by atoms with E-state index in [-0.39, 0.29) is 6.10 Å². The summed E-state index contributed by atoms with van der Waals surface area (Å²) in [6.07, 6.45) is 0.270. The Bertz CT molecular complexity index is 126. The molecule has 1 rings (SSSR count). The summed E-state index contributed by atoms with van der Waals surface area (Å²) in [5, 5.41) is 0. The van der Waals surface area contributed by atoms with E-state index in [4.69, 9.17) is 9.47 Å². The van der Waals surface area contributed by atoms with Crippen LogP contribution in [-0.2, 0) is 9.47 Å². The zero-order valence-electron chi connectivity index (χ0n) is 8.25. The molecule has 1 aliphatic heterocycles. The Labute approximate surface area is 74.6 Å². The molecule has 0 radical (unpaired) electrons. The summed E-state index contributed by atoms with van der Waals surface area (Å²) in [7, 11) is 1.72. The summed E-state index contributed by atoms with van der Waals surface area (Å²) >= 11 is 0. The second-order valence-corrected chi connectivity index (χ2v) is 3.54. The van der Waals surface area contributed by atoms with Crippen molar-refractivity contribution in [3.8, 4) is 0 Å². The number of methoxy groups -OCH3 is 1. The van der Waals surface area contributed by atoms with E-state index in [0.717, 1.165) is 19.7 Å². The molecular weight excluding hydrogens is 154 g/mol. The Kier molecular flexibility index (Phi) is 3.98. The van der Waals surface area contributed by atoms with Crippen LogP contribution in [0, 0.1) is 0 Å². The van der Waals surface area contributed by atoms with Gasteiger partial charge in [0.1, 0.15) is 0 Å². The number of hydrogen-bond acceptors (Lipinski definition) is 3. The molecule has 0 aromatic heterocycles. The molecular formula is C9H19NO2. The lowest BCUT2D eigenvalue weighted by Gasteiger charge is -2.35. The monoisotopic (exact) mass is 173 g/mol. The van der Waals surface area contributed by atoms with E-state index in [9.17, 15) is 0 Å². The van der Waals surface area contributed by atoms with Crippen LogP contribution in [0.4, 0.5) is 0 Å². The molecule has 0 aliphatic carbocycles. The van der Waals surface area contributed by atoms with Crippen LogP contribution in [0.3, 0.4) is 0 Å². The minimum Gasteiger partial charge on any atom is -0.382 e. The van der Waals surface area contributed by atoms with E-state index < -0.39 is 0 Å². The summed E-state index contributed by atoms with van der Waals surface area (Å²) in [5.41, 5.74) is 0. The van der Waals surface area contributed by atoms with Crippen LogP contribution < -0.4 is 0 Å².